The Kier molecular flexibility index (Phi) is 3.63. The first-order valence-corrected chi connectivity index (χ1v) is 6.20. The van der Waals surface area contributed by atoms with Gasteiger partial charge in [-0.05, 0) is 53.5 Å². The topological polar surface area (TPSA) is 45.9 Å². The van der Waals surface area contributed by atoms with Gasteiger partial charge in [0.15, 0.2) is 0 Å². The van der Waals surface area contributed by atoms with E-state index in [2.05, 4.69) is 27.0 Å². The van der Waals surface area contributed by atoms with Crippen molar-refractivity contribution < 1.29 is 4.74 Å². The first kappa shape index (κ1) is 12.6. The molecule has 90 valence electrons. The summed E-state index contributed by atoms with van der Waals surface area (Å²) in [6.45, 7) is 3.84. The van der Waals surface area contributed by atoms with Crippen LogP contribution in [-0.4, -0.2) is 4.98 Å². The van der Waals surface area contributed by atoms with Crippen molar-refractivity contribution >= 4 is 15.9 Å². The highest BCUT2D eigenvalue weighted by Crippen LogP contribution is 2.29. The molecule has 0 saturated heterocycles. The lowest BCUT2D eigenvalue weighted by atomic mass is 10.2. The van der Waals surface area contributed by atoms with Crippen LogP contribution in [0.2, 0.25) is 0 Å². The fraction of sp³-hybridized carbons (Fsp3) is 0.143. The van der Waals surface area contributed by atoms with Crippen molar-refractivity contribution in [2.75, 3.05) is 0 Å². The standard InChI is InChI=1S/C14H11BrN2O/c1-9-3-4-13(12(15)5-9)18-14-7-11(8-16)6-10(2)17-14/h3-7H,1-2H3. The molecule has 0 radical (unpaired) electrons. The van der Waals surface area contributed by atoms with Gasteiger partial charge < -0.3 is 4.74 Å². The molecule has 3 nitrogen and oxygen atoms in total. The Morgan fingerprint density at radius 3 is 2.67 bits per heavy atom. The number of rotatable bonds is 2. The molecule has 2 rings (SSSR count). The summed E-state index contributed by atoms with van der Waals surface area (Å²) in [5, 5.41) is 8.90. The molecule has 1 aromatic heterocycles. The van der Waals surface area contributed by atoms with Gasteiger partial charge in [-0.3, -0.25) is 0 Å². The van der Waals surface area contributed by atoms with E-state index in [1.165, 1.54) is 0 Å². The van der Waals surface area contributed by atoms with Gasteiger partial charge in [-0.1, -0.05) is 6.07 Å². The molecule has 0 N–H and O–H groups in total. The molecule has 0 aliphatic heterocycles. The molecule has 2 aromatic rings. The van der Waals surface area contributed by atoms with Crippen LogP contribution >= 0.6 is 15.9 Å². The molecule has 0 saturated carbocycles. The van der Waals surface area contributed by atoms with Crippen molar-refractivity contribution in [3.05, 3.63) is 51.6 Å². The summed E-state index contributed by atoms with van der Waals surface area (Å²) in [6, 6.07) is 11.2. The molecule has 4 heteroatoms. The van der Waals surface area contributed by atoms with Gasteiger partial charge in [-0.25, -0.2) is 4.98 Å². The quantitative estimate of drug-likeness (QED) is 0.838. The molecule has 18 heavy (non-hydrogen) atoms. The molecule has 0 unspecified atom stereocenters. The number of aryl methyl sites for hydroxylation is 2. The smallest absolute Gasteiger partial charge is 0.220 e. The van der Waals surface area contributed by atoms with E-state index in [0.29, 0.717) is 17.2 Å². The van der Waals surface area contributed by atoms with E-state index in [9.17, 15) is 0 Å². The lowest BCUT2D eigenvalue weighted by Gasteiger charge is -2.08. The molecule has 1 heterocycles. The van der Waals surface area contributed by atoms with Crippen LogP contribution < -0.4 is 4.74 Å². The Hall–Kier alpha value is -1.86. The molecule has 0 fully saturated rings. The summed E-state index contributed by atoms with van der Waals surface area (Å²) in [6.07, 6.45) is 0. The molecule has 0 spiro atoms. The third-order valence-electron chi connectivity index (χ3n) is 2.36. The monoisotopic (exact) mass is 302 g/mol. The lowest BCUT2D eigenvalue weighted by molar-refractivity contribution is 0.458. The van der Waals surface area contributed by atoms with Crippen LogP contribution in [0, 0.1) is 25.2 Å². The predicted molar refractivity (Wildman–Crippen MR) is 72.6 cm³/mol. The van der Waals surface area contributed by atoms with Gasteiger partial charge in [-0.2, -0.15) is 5.26 Å². The second kappa shape index (κ2) is 5.19. The molecule has 0 aliphatic rings. The number of hydrogen-bond donors (Lipinski definition) is 0. The minimum Gasteiger partial charge on any atom is -0.438 e. The molecule has 0 bridgehead atoms. The van der Waals surface area contributed by atoms with E-state index in [1.54, 1.807) is 12.1 Å². The summed E-state index contributed by atoms with van der Waals surface area (Å²) in [5.74, 6) is 1.11. The molecular formula is C14H11BrN2O. The Morgan fingerprint density at radius 1 is 1.22 bits per heavy atom. The van der Waals surface area contributed by atoms with Crippen LogP contribution in [0.25, 0.3) is 0 Å². The maximum absolute atomic E-state index is 8.90. The fourth-order valence-corrected chi connectivity index (χ4v) is 2.13. The van der Waals surface area contributed by atoms with E-state index in [1.807, 2.05) is 32.0 Å². The zero-order valence-corrected chi connectivity index (χ0v) is 11.7. The summed E-state index contributed by atoms with van der Waals surface area (Å²) < 4.78 is 6.54. The fourth-order valence-electron chi connectivity index (χ4n) is 1.56. The summed E-state index contributed by atoms with van der Waals surface area (Å²) >= 11 is 3.44. The van der Waals surface area contributed by atoms with Gasteiger partial charge in [0.25, 0.3) is 0 Å². The number of ether oxygens (including phenoxy) is 1. The average molecular weight is 303 g/mol. The zero-order chi connectivity index (χ0) is 13.1. The first-order valence-electron chi connectivity index (χ1n) is 5.41. The van der Waals surface area contributed by atoms with Crippen LogP contribution in [-0.2, 0) is 0 Å². The highest BCUT2D eigenvalue weighted by atomic mass is 79.9. The number of hydrogen-bond acceptors (Lipinski definition) is 3. The average Bonchev–Trinajstić information content (AvgIpc) is 2.32. The van der Waals surface area contributed by atoms with Crippen LogP contribution in [0.15, 0.2) is 34.8 Å². The highest BCUT2D eigenvalue weighted by molar-refractivity contribution is 9.10. The number of nitriles is 1. The number of nitrogens with zero attached hydrogens (tertiary/aromatic N) is 2. The summed E-state index contributed by atoms with van der Waals surface area (Å²) in [5.41, 5.74) is 2.44. The normalized spacial score (nSPS) is 9.89. The molecule has 1 aromatic carbocycles. The third-order valence-corrected chi connectivity index (χ3v) is 2.98. The first-order chi connectivity index (χ1) is 8.58. The molecule has 0 atom stereocenters. The van der Waals surface area contributed by atoms with Crippen molar-refractivity contribution in [1.82, 2.24) is 4.98 Å². The van der Waals surface area contributed by atoms with Gasteiger partial charge in [-0.15, -0.1) is 0 Å². The van der Waals surface area contributed by atoms with Crippen LogP contribution in [0.3, 0.4) is 0 Å². The Bertz CT molecular complexity index is 632. The van der Waals surface area contributed by atoms with Gasteiger partial charge in [0.05, 0.1) is 16.1 Å². The Morgan fingerprint density at radius 2 is 2.00 bits per heavy atom. The van der Waals surface area contributed by atoms with Crippen LogP contribution in [0.5, 0.6) is 11.6 Å². The van der Waals surface area contributed by atoms with Crippen LogP contribution in [0.4, 0.5) is 0 Å². The number of halogens is 1. The maximum Gasteiger partial charge on any atom is 0.220 e. The molecular weight excluding hydrogens is 292 g/mol. The van der Waals surface area contributed by atoms with Crippen molar-refractivity contribution in [1.29, 1.82) is 5.26 Å². The predicted octanol–water partition coefficient (Wildman–Crippen LogP) is 4.12. The van der Waals surface area contributed by atoms with E-state index in [4.69, 9.17) is 10.00 Å². The number of benzene rings is 1. The Labute approximate surface area is 114 Å². The SMILES string of the molecule is Cc1ccc(Oc2cc(C#N)cc(C)n2)c(Br)c1. The number of pyridine rings is 1. The van der Waals surface area contributed by atoms with Gasteiger partial charge in [0, 0.05) is 11.8 Å². The van der Waals surface area contributed by atoms with Crippen molar-refractivity contribution in [3.63, 3.8) is 0 Å². The van der Waals surface area contributed by atoms with E-state index in [-0.39, 0.29) is 0 Å². The third kappa shape index (κ3) is 2.88. The lowest BCUT2D eigenvalue weighted by Crippen LogP contribution is -1.92. The van der Waals surface area contributed by atoms with Crippen molar-refractivity contribution in [2.24, 2.45) is 0 Å². The van der Waals surface area contributed by atoms with Gasteiger partial charge in [0.1, 0.15) is 5.75 Å². The van der Waals surface area contributed by atoms with Crippen LogP contribution in [0.1, 0.15) is 16.8 Å². The summed E-state index contributed by atoms with van der Waals surface area (Å²) in [4.78, 5) is 4.25. The van der Waals surface area contributed by atoms with Gasteiger partial charge >= 0.3 is 0 Å². The maximum atomic E-state index is 8.90. The zero-order valence-electron chi connectivity index (χ0n) is 10.1. The van der Waals surface area contributed by atoms with Crippen molar-refractivity contribution in [3.8, 4) is 17.7 Å². The molecule has 0 amide bonds. The van der Waals surface area contributed by atoms with Gasteiger partial charge in [0.2, 0.25) is 5.88 Å². The summed E-state index contributed by atoms with van der Waals surface area (Å²) in [7, 11) is 0. The number of aromatic nitrogens is 1. The highest BCUT2D eigenvalue weighted by Gasteiger charge is 2.06. The molecule has 0 aliphatic carbocycles. The van der Waals surface area contributed by atoms with E-state index < -0.39 is 0 Å². The minimum atomic E-state index is 0.427. The largest absolute Gasteiger partial charge is 0.438 e. The van der Waals surface area contributed by atoms with Crippen molar-refractivity contribution in [2.45, 2.75) is 13.8 Å². The Balaban J connectivity index is 2.34. The minimum absolute atomic E-state index is 0.427. The second-order valence-electron chi connectivity index (χ2n) is 3.98. The second-order valence-corrected chi connectivity index (χ2v) is 4.84. The van der Waals surface area contributed by atoms with E-state index in [0.717, 1.165) is 15.7 Å². The van der Waals surface area contributed by atoms with E-state index >= 15 is 0 Å².